The van der Waals surface area contributed by atoms with E-state index in [1.165, 1.54) is 7.11 Å². The van der Waals surface area contributed by atoms with E-state index in [0.29, 0.717) is 6.42 Å². The zero-order valence-corrected chi connectivity index (χ0v) is 7.75. The molecule has 0 aliphatic carbocycles. The molecule has 0 atom stereocenters. The van der Waals surface area contributed by atoms with E-state index in [1.807, 2.05) is 0 Å². The number of unbranched alkanes of at least 4 members (excludes halogenated alkanes) is 1. The van der Waals surface area contributed by atoms with E-state index in [4.69, 9.17) is 0 Å². The van der Waals surface area contributed by atoms with Crippen LogP contribution in [0.15, 0.2) is 12.4 Å². The third-order valence-electron chi connectivity index (χ3n) is 1.83. The number of carbonyl (C=O) groups excluding carboxylic acids is 1. The Morgan fingerprint density at radius 1 is 1.62 bits per heavy atom. The van der Waals surface area contributed by atoms with Gasteiger partial charge in [0.25, 0.3) is 0 Å². The fraction of sp³-hybridized carbons (Fsp3) is 0.556. The molecular weight excluding hydrogens is 168 g/mol. The van der Waals surface area contributed by atoms with Crippen molar-refractivity contribution in [3.63, 3.8) is 0 Å². The number of rotatable bonds is 5. The summed E-state index contributed by atoms with van der Waals surface area (Å²) in [6.45, 7) is 0. The summed E-state index contributed by atoms with van der Waals surface area (Å²) in [6.07, 6.45) is 6.74. The molecule has 0 saturated heterocycles. The first-order chi connectivity index (χ1) is 6.33. The molecule has 0 aromatic carbocycles. The number of H-pyrrole nitrogens is 1. The summed E-state index contributed by atoms with van der Waals surface area (Å²) in [5, 5.41) is 0. The Morgan fingerprint density at radius 3 is 3.08 bits per heavy atom. The Hall–Kier alpha value is -1.32. The number of ether oxygens (including phenoxy) is 1. The quantitative estimate of drug-likeness (QED) is 0.551. The Balaban J connectivity index is 2.05. The van der Waals surface area contributed by atoms with Crippen LogP contribution in [0.25, 0.3) is 0 Å². The van der Waals surface area contributed by atoms with Gasteiger partial charge in [0.15, 0.2) is 0 Å². The maximum Gasteiger partial charge on any atom is 0.305 e. The number of aromatic amines is 1. The lowest BCUT2D eigenvalue weighted by atomic mass is 10.2. The number of imidazole rings is 1. The first-order valence-electron chi connectivity index (χ1n) is 4.38. The van der Waals surface area contributed by atoms with Crippen LogP contribution in [0.4, 0.5) is 0 Å². The van der Waals surface area contributed by atoms with Gasteiger partial charge in [0.05, 0.1) is 7.11 Å². The normalized spacial score (nSPS) is 9.92. The largest absolute Gasteiger partial charge is 0.469 e. The SMILES string of the molecule is COC(=O)CCCCc1ncc[nH]1. The van der Waals surface area contributed by atoms with Crippen LogP contribution in [-0.4, -0.2) is 23.0 Å². The van der Waals surface area contributed by atoms with Crippen molar-refractivity contribution in [2.75, 3.05) is 7.11 Å². The number of methoxy groups -OCH3 is 1. The molecule has 0 spiro atoms. The van der Waals surface area contributed by atoms with Gasteiger partial charge in [-0.3, -0.25) is 4.79 Å². The van der Waals surface area contributed by atoms with Crippen molar-refractivity contribution in [2.45, 2.75) is 25.7 Å². The van der Waals surface area contributed by atoms with E-state index in [1.54, 1.807) is 12.4 Å². The Labute approximate surface area is 77.3 Å². The molecule has 13 heavy (non-hydrogen) atoms. The molecule has 1 aromatic rings. The van der Waals surface area contributed by atoms with Gasteiger partial charge >= 0.3 is 5.97 Å². The van der Waals surface area contributed by atoms with Crippen LogP contribution in [0.3, 0.4) is 0 Å². The van der Waals surface area contributed by atoms with E-state index >= 15 is 0 Å². The first kappa shape index (κ1) is 9.77. The van der Waals surface area contributed by atoms with Crippen LogP contribution in [0.1, 0.15) is 25.1 Å². The highest BCUT2D eigenvalue weighted by Gasteiger charge is 2.00. The number of esters is 1. The summed E-state index contributed by atoms with van der Waals surface area (Å²) < 4.78 is 4.53. The maximum absolute atomic E-state index is 10.7. The van der Waals surface area contributed by atoms with Gasteiger partial charge in [0.2, 0.25) is 0 Å². The number of hydrogen-bond acceptors (Lipinski definition) is 3. The Bertz CT molecular complexity index is 244. The van der Waals surface area contributed by atoms with E-state index in [2.05, 4.69) is 14.7 Å². The monoisotopic (exact) mass is 182 g/mol. The molecule has 0 radical (unpaired) electrons. The van der Waals surface area contributed by atoms with Gasteiger partial charge in [0.1, 0.15) is 5.82 Å². The molecule has 1 rings (SSSR count). The minimum absolute atomic E-state index is 0.139. The average Bonchev–Trinajstić information content (AvgIpc) is 2.64. The molecule has 1 N–H and O–H groups in total. The number of hydrogen-bond donors (Lipinski definition) is 1. The smallest absolute Gasteiger partial charge is 0.305 e. The molecule has 4 nitrogen and oxygen atoms in total. The predicted molar refractivity (Wildman–Crippen MR) is 48.2 cm³/mol. The molecule has 0 aliphatic heterocycles. The summed E-state index contributed by atoms with van der Waals surface area (Å²) in [6, 6.07) is 0. The van der Waals surface area contributed by atoms with Crippen LogP contribution in [0, 0.1) is 0 Å². The zero-order valence-electron chi connectivity index (χ0n) is 7.75. The summed E-state index contributed by atoms with van der Waals surface area (Å²) in [7, 11) is 1.41. The van der Waals surface area contributed by atoms with E-state index in [-0.39, 0.29) is 5.97 Å². The van der Waals surface area contributed by atoms with Crippen molar-refractivity contribution in [1.82, 2.24) is 9.97 Å². The molecular formula is C9H14N2O2. The van der Waals surface area contributed by atoms with Crippen LogP contribution >= 0.6 is 0 Å². The molecule has 72 valence electrons. The van der Waals surface area contributed by atoms with Crippen molar-refractivity contribution in [1.29, 1.82) is 0 Å². The van der Waals surface area contributed by atoms with Gasteiger partial charge in [-0.05, 0) is 12.8 Å². The lowest BCUT2D eigenvalue weighted by molar-refractivity contribution is -0.140. The second-order valence-electron chi connectivity index (χ2n) is 2.82. The number of nitrogens with one attached hydrogen (secondary N) is 1. The number of carbonyl (C=O) groups is 1. The number of nitrogens with zero attached hydrogens (tertiary/aromatic N) is 1. The first-order valence-corrected chi connectivity index (χ1v) is 4.38. The van der Waals surface area contributed by atoms with Gasteiger partial charge in [-0.1, -0.05) is 0 Å². The predicted octanol–water partition coefficient (Wildman–Crippen LogP) is 1.30. The molecule has 0 bridgehead atoms. The van der Waals surface area contributed by atoms with Crippen molar-refractivity contribution in [2.24, 2.45) is 0 Å². The van der Waals surface area contributed by atoms with Crippen LogP contribution in [0.2, 0.25) is 0 Å². The third-order valence-corrected chi connectivity index (χ3v) is 1.83. The van der Waals surface area contributed by atoms with Crippen molar-refractivity contribution in [3.8, 4) is 0 Å². The van der Waals surface area contributed by atoms with E-state index in [9.17, 15) is 4.79 Å². The standard InChI is InChI=1S/C9H14N2O2/c1-13-9(12)5-3-2-4-8-10-6-7-11-8/h6-7H,2-5H2,1H3,(H,10,11). The number of aryl methyl sites for hydroxylation is 1. The van der Waals surface area contributed by atoms with Gasteiger partial charge in [-0.25, -0.2) is 4.98 Å². The van der Waals surface area contributed by atoms with Gasteiger partial charge in [0, 0.05) is 25.2 Å². The molecule has 1 heterocycles. The summed E-state index contributed by atoms with van der Waals surface area (Å²) in [4.78, 5) is 17.8. The van der Waals surface area contributed by atoms with Gasteiger partial charge < -0.3 is 9.72 Å². The molecule has 0 unspecified atom stereocenters. The van der Waals surface area contributed by atoms with Crippen molar-refractivity contribution in [3.05, 3.63) is 18.2 Å². The highest BCUT2D eigenvalue weighted by atomic mass is 16.5. The molecule has 1 aromatic heterocycles. The zero-order chi connectivity index (χ0) is 9.52. The number of aromatic nitrogens is 2. The van der Waals surface area contributed by atoms with Gasteiger partial charge in [-0.15, -0.1) is 0 Å². The molecule has 0 saturated carbocycles. The molecule has 4 heteroatoms. The second-order valence-corrected chi connectivity index (χ2v) is 2.82. The minimum Gasteiger partial charge on any atom is -0.469 e. The van der Waals surface area contributed by atoms with Crippen molar-refractivity contribution >= 4 is 5.97 Å². The highest BCUT2D eigenvalue weighted by Crippen LogP contribution is 2.02. The minimum atomic E-state index is -0.139. The summed E-state index contributed by atoms with van der Waals surface area (Å²) in [5.41, 5.74) is 0. The average molecular weight is 182 g/mol. The van der Waals surface area contributed by atoms with Gasteiger partial charge in [-0.2, -0.15) is 0 Å². The molecule has 0 amide bonds. The maximum atomic E-state index is 10.7. The Kier molecular flexibility index (Phi) is 4.02. The van der Waals surface area contributed by atoms with Crippen LogP contribution in [0.5, 0.6) is 0 Å². The summed E-state index contributed by atoms with van der Waals surface area (Å²) >= 11 is 0. The molecule has 0 aliphatic rings. The highest BCUT2D eigenvalue weighted by molar-refractivity contribution is 5.68. The van der Waals surface area contributed by atoms with Crippen LogP contribution in [-0.2, 0) is 16.0 Å². The fourth-order valence-electron chi connectivity index (χ4n) is 1.10. The lowest BCUT2D eigenvalue weighted by Gasteiger charge is -1.98. The lowest BCUT2D eigenvalue weighted by Crippen LogP contribution is -2.00. The van der Waals surface area contributed by atoms with Crippen LogP contribution < -0.4 is 0 Å². The van der Waals surface area contributed by atoms with E-state index in [0.717, 1.165) is 25.1 Å². The van der Waals surface area contributed by atoms with E-state index < -0.39 is 0 Å². The van der Waals surface area contributed by atoms with Crippen molar-refractivity contribution < 1.29 is 9.53 Å². The fourth-order valence-corrected chi connectivity index (χ4v) is 1.10. The third kappa shape index (κ3) is 3.73. The second kappa shape index (κ2) is 5.35. The Morgan fingerprint density at radius 2 is 2.46 bits per heavy atom. The summed E-state index contributed by atoms with van der Waals surface area (Å²) in [5.74, 6) is 0.837. The topological polar surface area (TPSA) is 55.0 Å². The molecule has 0 fully saturated rings.